The lowest BCUT2D eigenvalue weighted by molar-refractivity contribution is 0.209. The average molecular weight is 143 g/mol. The molecule has 0 spiro atoms. The Morgan fingerprint density at radius 2 is 2.60 bits per heavy atom. The quantitative estimate of drug-likeness (QED) is 0.482. The third-order valence-corrected chi connectivity index (χ3v) is 1.13. The maximum absolute atomic E-state index is 10.1. The molecular formula is C5H9N3O2. The minimum atomic E-state index is -0.639. The van der Waals surface area contributed by atoms with Gasteiger partial charge in [-0.25, -0.2) is 10.2 Å². The predicted octanol–water partition coefficient (Wildman–Crippen LogP) is -0.569. The highest BCUT2D eigenvalue weighted by Gasteiger charge is 2.07. The number of hydrazone groups is 1. The van der Waals surface area contributed by atoms with Gasteiger partial charge in [-0.05, 0) is 0 Å². The topological polar surface area (TPSA) is 76.7 Å². The Morgan fingerprint density at radius 3 is 3.10 bits per heavy atom. The van der Waals surface area contributed by atoms with Gasteiger partial charge in [0.2, 0.25) is 0 Å². The molecule has 0 atom stereocenters. The largest absolute Gasteiger partial charge is 0.375 e. The second-order valence-electron chi connectivity index (χ2n) is 1.96. The first-order valence-corrected chi connectivity index (χ1v) is 2.97. The second kappa shape index (κ2) is 3.17. The number of primary amides is 1. The number of carbonyl (C=O) groups is 1. The van der Waals surface area contributed by atoms with Gasteiger partial charge in [-0.1, -0.05) is 0 Å². The molecule has 0 saturated carbocycles. The fourth-order valence-corrected chi connectivity index (χ4v) is 0.674. The van der Waals surface area contributed by atoms with E-state index in [1.165, 1.54) is 0 Å². The van der Waals surface area contributed by atoms with Gasteiger partial charge in [0, 0.05) is 6.42 Å². The van der Waals surface area contributed by atoms with Crippen molar-refractivity contribution in [2.45, 2.75) is 6.42 Å². The number of nitrogens with zero attached hydrogens (tertiary/aromatic N) is 1. The average Bonchev–Trinajstić information content (AvgIpc) is 2.34. The highest BCUT2D eigenvalue weighted by molar-refractivity contribution is 5.88. The first-order valence-electron chi connectivity index (χ1n) is 2.97. The van der Waals surface area contributed by atoms with E-state index in [0.717, 1.165) is 12.1 Å². The molecule has 1 aliphatic rings. The zero-order valence-electron chi connectivity index (χ0n) is 5.46. The lowest BCUT2D eigenvalue weighted by Gasteiger charge is -1.92. The molecule has 3 N–H and O–H groups in total. The lowest BCUT2D eigenvalue weighted by atomic mass is 10.3. The number of ether oxygens (including phenoxy) is 1. The van der Waals surface area contributed by atoms with E-state index in [1.54, 1.807) is 0 Å². The second-order valence-corrected chi connectivity index (χ2v) is 1.96. The van der Waals surface area contributed by atoms with Gasteiger partial charge in [-0.2, -0.15) is 5.10 Å². The molecule has 0 aromatic rings. The number of nitrogens with one attached hydrogen (secondary N) is 1. The standard InChI is InChI=1S/C5H9N3O2/c6-5(9)8-7-4-1-2-10-3-4/h1-3H2,(H3,6,8,9). The van der Waals surface area contributed by atoms with Gasteiger partial charge in [0.25, 0.3) is 0 Å². The zero-order chi connectivity index (χ0) is 7.40. The number of rotatable bonds is 1. The van der Waals surface area contributed by atoms with Crippen LogP contribution in [0.15, 0.2) is 5.10 Å². The fourth-order valence-electron chi connectivity index (χ4n) is 0.674. The summed E-state index contributed by atoms with van der Waals surface area (Å²) in [6, 6.07) is -0.639. The Balaban J connectivity index is 2.31. The molecule has 1 heterocycles. The van der Waals surface area contributed by atoms with Gasteiger partial charge >= 0.3 is 6.03 Å². The summed E-state index contributed by atoms with van der Waals surface area (Å²) in [5.74, 6) is 0. The summed E-state index contributed by atoms with van der Waals surface area (Å²) in [6.07, 6.45) is 0.778. The minimum absolute atomic E-state index is 0.500. The van der Waals surface area contributed by atoms with Gasteiger partial charge in [-0.3, -0.25) is 0 Å². The third-order valence-electron chi connectivity index (χ3n) is 1.13. The zero-order valence-corrected chi connectivity index (χ0v) is 5.46. The number of hydrogen-bond acceptors (Lipinski definition) is 3. The van der Waals surface area contributed by atoms with Crippen LogP contribution in [0, 0.1) is 0 Å². The predicted molar refractivity (Wildman–Crippen MR) is 35.6 cm³/mol. The van der Waals surface area contributed by atoms with Gasteiger partial charge in [0.1, 0.15) is 0 Å². The molecule has 1 fully saturated rings. The van der Waals surface area contributed by atoms with Crippen LogP contribution < -0.4 is 11.2 Å². The molecule has 0 bridgehead atoms. The van der Waals surface area contributed by atoms with E-state index in [-0.39, 0.29) is 0 Å². The van der Waals surface area contributed by atoms with Crippen molar-refractivity contribution in [1.29, 1.82) is 0 Å². The lowest BCUT2D eigenvalue weighted by Crippen LogP contribution is -2.25. The van der Waals surface area contributed by atoms with E-state index in [1.807, 2.05) is 0 Å². The third kappa shape index (κ3) is 2.02. The van der Waals surface area contributed by atoms with Crippen LogP contribution in [0.5, 0.6) is 0 Å². The minimum Gasteiger partial charge on any atom is -0.375 e. The normalized spacial score (nSPS) is 21.4. The maximum Gasteiger partial charge on any atom is 0.332 e. The fraction of sp³-hybridized carbons (Fsp3) is 0.600. The van der Waals surface area contributed by atoms with Gasteiger partial charge in [0.15, 0.2) is 0 Å². The molecule has 5 heteroatoms. The number of nitrogens with two attached hydrogens (primary N) is 1. The van der Waals surface area contributed by atoms with E-state index in [2.05, 4.69) is 10.5 Å². The van der Waals surface area contributed by atoms with Crippen molar-refractivity contribution in [3.8, 4) is 0 Å². The number of carbonyl (C=O) groups excluding carboxylic acids is 1. The van der Waals surface area contributed by atoms with Crippen LogP contribution in [0.3, 0.4) is 0 Å². The molecule has 2 amide bonds. The Labute approximate surface area is 58.2 Å². The van der Waals surface area contributed by atoms with Crippen LogP contribution >= 0.6 is 0 Å². The van der Waals surface area contributed by atoms with E-state index in [0.29, 0.717) is 13.2 Å². The van der Waals surface area contributed by atoms with E-state index in [9.17, 15) is 4.79 Å². The van der Waals surface area contributed by atoms with Crippen molar-refractivity contribution in [2.24, 2.45) is 10.8 Å². The SMILES string of the molecule is NC(=O)NN=C1CCOC1. The number of amides is 2. The van der Waals surface area contributed by atoms with Crippen LogP contribution in [-0.4, -0.2) is 25.0 Å². The smallest absolute Gasteiger partial charge is 0.332 e. The van der Waals surface area contributed by atoms with E-state index >= 15 is 0 Å². The maximum atomic E-state index is 10.1. The van der Waals surface area contributed by atoms with Crippen molar-refractivity contribution in [3.63, 3.8) is 0 Å². The Hall–Kier alpha value is -1.10. The molecule has 0 aromatic carbocycles. The number of urea groups is 1. The van der Waals surface area contributed by atoms with Crippen molar-refractivity contribution >= 4 is 11.7 Å². The molecule has 0 aromatic heterocycles. The van der Waals surface area contributed by atoms with Crippen molar-refractivity contribution < 1.29 is 9.53 Å². The molecule has 0 aliphatic carbocycles. The van der Waals surface area contributed by atoms with Crippen molar-refractivity contribution in [2.75, 3.05) is 13.2 Å². The summed E-state index contributed by atoms with van der Waals surface area (Å²) >= 11 is 0. The molecule has 0 unspecified atom stereocenters. The molecule has 1 saturated heterocycles. The summed E-state index contributed by atoms with van der Waals surface area (Å²) in [5, 5.41) is 3.69. The molecule has 1 rings (SSSR count). The molecule has 56 valence electrons. The van der Waals surface area contributed by atoms with Crippen LogP contribution in [0.2, 0.25) is 0 Å². The first kappa shape index (κ1) is 7.01. The number of hydrogen-bond donors (Lipinski definition) is 2. The van der Waals surface area contributed by atoms with Crippen LogP contribution in [0.4, 0.5) is 4.79 Å². The molecule has 5 nitrogen and oxygen atoms in total. The van der Waals surface area contributed by atoms with Crippen molar-refractivity contribution in [1.82, 2.24) is 5.43 Å². The van der Waals surface area contributed by atoms with Gasteiger partial charge < -0.3 is 10.5 Å². The highest BCUT2D eigenvalue weighted by Crippen LogP contribution is 1.97. The van der Waals surface area contributed by atoms with E-state index < -0.39 is 6.03 Å². The molecule has 0 radical (unpaired) electrons. The molecule has 10 heavy (non-hydrogen) atoms. The monoisotopic (exact) mass is 143 g/mol. The Morgan fingerprint density at radius 1 is 1.80 bits per heavy atom. The summed E-state index contributed by atoms with van der Waals surface area (Å²) in [6.45, 7) is 1.18. The first-order chi connectivity index (χ1) is 4.79. The van der Waals surface area contributed by atoms with Gasteiger partial charge in [-0.15, -0.1) is 0 Å². The Kier molecular flexibility index (Phi) is 2.22. The van der Waals surface area contributed by atoms with Crippen molar-refractivity contribution in [3.05, 3.63) is 0 Å². The highest BCUT2D eigenvalue weighted by atomic mass is 16.5. The van der Waals surface area contributed by atoms with Crippen LogP contribution in [0.25, 0.3) is 0 Å². The Bertz CT molecular complexity index is 158. The van der Waals surface area contributed by atoms with Crippen LogP contribution in [-0.2, 0) is 4.74 Å². The molecule has 1 aliphatic heterocycles. The van der Waals surface area contributed by atoms with Crippen LogP contribution in [0.1, 0.15) is 6.42 Å². The summed E-state index contributed by atoms with van der Waals surface area (Å²) in [7, 11) is 0. The summed E-state index contributed by atoms with van der Waals surface area (Å²) in [4.78, 5) is 10.1. The van der Waals surface area contributed by atoms with E-state index in [4.69, 9.17) is 10.5 Å². The molecular weight excluding hydrogens is 134 g/mol. The van der Waals surface area contributed by atoms with Gasteiger partial charge in [0.05, 0.1) is 18.9 Å². The summed E-state index contributed by atoms with van der Waals surface area (Å²) < 4.78 is 4.97. The summed E-state index contributed by atoms with van der Waals surface area (Å²) in [5.41, 5.74) is 7.74.